The Labute approximate surface area is 144 Å². The molecule has 0 spiro atoms. The van der Waals surface area contributed by atoms with Gasteiger partial charge in [0.25, 0.3) is 0 Å². The molecule has 0 saturated heterocycles. The van der Waals surface area contributed by atoms with Crippen molar-refractivity contribution in [3.63, 3.8) is 0 Å². The molecule has 3 atom stereocenters. The molecule has 2 saturated carbocycles. The number of carbonyl (C=O) groups is 1. The smallest absolute Gasteiger partial charge is 0.312 e. The van der Waals surface area contributed by atoms with Crippen LogP contribution in [0.1, 0.15) is 52.0 Å². The van der Waals surface area contributed by atoms with Crippen molar-refractivity contribution in [2.24, 2.45) is 17.3 Å². The maximum absolute atomic E-state index is 12.8. The Morgan fingerprint density at radius 2 is 1.83 bits per heavy atom. The Hall–Kier alpha value is -1.83. The van der Waals surface area contributed by atoms with Crippen molar-refractivity contribution in [1.82, 2.24) is 0 Å². The number of ether oxygens (including phenoxy) is 1. The lowest BCUT2D eigenvalue weighted by atomic mass is 9.76. The number of fused-ring (bicyclic) bond motifs is 3. The lowest BCUT2D eigenvalue weighted by Gasteiger charge is -2.40. The fraction of sp³-hybridized carbons (Fsp3) is 0.500. The molecule has 4 rings (SSSR count). The van der Waals surface area contributed by atoms with E-state index in [1.165, 1.54) is 35.6 Å². The molecule has 2 fully saturated rings. The predicted molar refractivity (Wildman–Crippen MR) is 96.6 cm³/mol. The third kappa shape index (κ3) is 2.35. The van der Waals surface area contributed by atoms with Gasteiger partial charge >= 0.3 is 5.97 Å². The molecule has 2 bridgehead atoms. The minimum Gasteiger partial charge on any atom is -0.453 e. The van der Waals surface area contributed by atoms with Gasteiger partial charge in [-0.15, -0.1) is 0 Å². The number of rotatable bonds is 2. The van der Waals surface area contributed by atoms with Gasteiger partial charge in [0.1, 0.15) is 5.60 Å². The summed E-state index contributed by atoms with van der Waals surface area (Å²) in [4.78, 5) is 12.8. The number of benzene rings is 2. The number of esters is 1. The first kappa shape index (κ1) is 15.7. The lowest BCUT2D eigenvalue weighted by Crippen LogP contribution is -2.41. The maximum Gasteiger partial charge on any atom is 0.312 e. The fourth-order valence-electron chi connectivity index (χ4n) is 4.70. The second-order valence-electron chi connectivity index (χ2n) is 8.64. The third-order valence-corrected chi connectivity index (χ3v) is 5.93. The highest BCUT2D eigenvalue weighted by molar-refractivity contribution is 5.87. The zero-order valence-corrected chi connectivity index (χ0v) is 14.8. The van der Waals surface area contributed by atoms with Gasteiger partial charge in [-0.25, -0.2) is 0 Å². The van der Waals surface area contributed by atoms with Crippen molar-refractivity contribution in [2.75, 3.05) is 0 Å². The van der Waals surface area contributed by atoms with E-state index in [4.69, 9.17) is 4.74 Å². The van der Waals surface area contributed by atoms with Crippen molar-refractivity contribution in [3.05, 3.63) is 48.0 Å². The average molecular weight is 322 g/mol. The van der Waals surface area contributed by atoms with Gasteiger partial charge in [-0.1, -0.05) is 42.5 Å². The van der Waals surface area contributed by atoms with Crippen molar-refractivity contribution >= 4 is 16.7 Å². The topological polar surface area (TPSA) is 26.3 Å². The molecule has 0 aromatic heterocycles. The van der Waals surface area contributed by atoms with Crippen LogP contribution in [0.15, 0.2) is 42.5 Å². The summed E-state index contributed by atoms with van der Waals surface area (Å²) >= 11 is 0. The van der Waals surface area contributed by atoms with Gasteiger partial charge in [0, 0.05) is 11.5 Å². The van der Waals surface area contributed by atoms with Crippen LogP contribution in [0.25, 0.3) is 10.8 Å². The van der Waals surface area contributed by atoms with Gasteiger partial charge in [-0.2, -0.15) is 0 Å². The fourth-order valence-corrected chi connectivity index (χ4v) is 4.70. The molecule has 3 unspecified atom stereocenters. The minimum atomic E-state index is -0.473. The molecule has 2 nitrogen and oxygen atoms in total. The van der Waals surface area contributed by atoms with Gasteiger partial charge in [-0.05, 0) is 63.1 Å². The Balaban J connectivity index is 1.86. The normalized spacial score (nSPS) is 29.1. The lowest BCUT2D eigenvalue weighted by molar-refractivity contribution is -0.177. The average Bonchev–Trinajstić information content (AvgIpc) is 3.15. The first-order chi connectivity index (χ1) is 11.4. The maximum atomic E-state index is 12.8. The Bertz CT molecular complexity index is 781. The quantitative estimate of drug-likeness (QED) is 0.688. The van der Waals surface area contributed by atoms with E-state index < -0.39 is 11.0 Å². The molecular formula is C22H26O2. The molecular weight excluding hydrogens is 296 g/mol. The summed E-state index contributed by atoms with van der Waals surface area (Å²) in [5.74, 6) is 1.07. The third-order valence-electron chi connectivity index (χ3n) is 5.93. The van der Waals surface area contributed by atoms with Gasteiger partial charge < -0.3 is 4.74 Å². The van der Waals surface area contributed by atoms with E-state index in [2.05, 4.69) is 42.5 Å². The van der Waals surface area contributed by atoms with E-state index in [9.17, 15) is 4.79 Å². The van der Waals surface area contributed by atoms with Crippen molar-refractivity contribution in [2.45, 2.75) is 52.1 Å². The standard InChI is InChI=1S/C22H26O2/c1-21(2,3)20(23)24-22(14-15-11-12-17(22)13-15)19-10-6-8-16-7-4-5-9-18(16)19/h4-10,15,17H,11-14H2,1-3H3. The van der Waals surface area contributed by atoms with Gasteiger partial charge in [-0.3, -0.25) is 4.79 Å². The van der Waals surface area contributed by atoms with Crippen LogP contribution in [-0.2, 0) is 15.1 Å². The largest absolute Gasteiger partial charge is 0.453 e. The van der Waals surface area contributed by atoms with E-state index in [0.29, 0.717) is 11.8 Å². The zero-order chi connectivity index (χ0) is 16.9. The van der Waals surface area contributed by atoms with Crippen LogP contribution in [-0.4, -0.2) is 5.97 Å². The van der Waals surface area contributed by atoms with E-state index in [1.54, 1.807) is 0 Å². The second kappa shape index (κ2) is 5.34. The van der Waals surface area contributed by atoms with Crippen LogP contribution in [0.2, 0.25) is 0 Å². The van der Waals surface area contributed by atoms with Crippen LogP contribution < -0.4 is 0 Å². The monoisotopic (exact) mass is 322 g/mol. The molecule has 2 heteroatoms. The molecule has 126 valence electrons. The van der Waals surface area contributed by atoms with Gasteiger partial charge in [0.05, 0.1) is 5.41 Å². The van der Waals surface area contributed by atoms with Crippen LogP contribution in [0.5, 0.6) is 0 Å². The molecule has 0 aliphatic heterocycles. The predicted octanol–water partition coefficient (Wildman–Crippen LogP) is 5.44. The van der Waals surface area contributed by atoms with Crippen LogP contribution in [0, 0.1) is 17.3 Å². The van der Waals surface area contributed by atoms with Gasteiger partial charge in [0.15, 0.2) is 0 Å². The summed E-state index contributed by atoms with van der Waals surface area (Å²) in [7, 11) is 0. The summed E-state index contributed by atoms with van der Waals surface area (Å²) < 4.78 is 6.35. The summed E-state index contributed by atoms with van der Waals surface area (Å²) in [5, 5.41) is 2.46. The number of hydrogen-bond acceptors (Lipinski definition) is 2. The van der Waals surface area contributed by atoms with E-state index in [-0.39, 0.29) is 5.97 Å². The second-order valence-corrected chi connectivity index (χ2v) is 8.64. The Kier molecular flexibility index (Phi) is 3.49. The summed E-state index contributed by atoms with van der Waals surface area (Å²) in [5.41, 5.74) is 0.304. The van der Waals surface area contributed by atoms with Crippen LogP contribution >= 0.6 is 0 Å². The summed E-state index contributed by atoms with van der Waals surface area (Å²) in [6, 6.07) is 14.9. The Morgan fingerprint density at radius 3 is 2.50 bits per heavy atom. The van der Waals surface area contributed by atoms with Crippen molar-refractivity contribution < 1.29 is 9.53 Å². The SMILES string of the molecule is CC(C)(C)C(=O)OC1(c2cccc3ccccc23)CC2CCC1C2. The first-order valence-electron chi connectivity index (χ1n) is 9.12. The molecule has 0 N–H and O–H groups in total. The molecule has 2 aromatic carbocycles. The highest BCUT2D eigenvalue weighted by atomic mass is 16.6. The molecule has 0 heterocycles. The number of carbonyl (C=O) groups excluding carboxylic acids is 1. The molecule has 24 heavy (non-hydrogen) atoms. The summed E-state index contributed by atoms with van der Waals surface area (Å²) in [6.07, 6.45) is 4.63. The molecule has 2 aliphatic rings. The van der Waals surface area contributed by atoms with E-state index >= 15 is 0 Å². The molecule has 0 amide bonds. The van der Waals surface area contributed by atoms with E-state index in [1.807, 2.05) is 20.8 Å². The minimum absolute atomic E-state index is 0.0806. The highest BCUT2D eigenvalue weighted by Gasteiger charge is 2.55. The van der Waals surface area contributed by atoms with Crippen LogP contribution in [0.4, 0.5) is 0 Å². The first-order valence-corrected chi connectivity index (χ1v) is 9.12. The molecule has 2 aromatic rings. The Morgan fingerprint density at radius 1 is 1.08 bits per heavy atom. The van der Waals surface area contributed by atoms with E-state index in [0.717, 1.165) is 6.42 Å². The molecule has 0 radical (unpaired) electrons. The highest BCUT2D eigenvalue weighted by Crippen LogP contribution is 2.59. The summed E-state index contributed by atoms with van der Waals surface area (Å²) in [6.45, 7) is 5.83. The van der Waals surface area contributed by atoms with Crippen molar-refractivity contribution in [3.8, 4) is 0 Å². The van der Waals surface area contributed by atoms with Gasteiger partial charge in [0.2, 0.25) is 0 Å². The molecule has 2 aliphatic carbocycles. The number of hydrogen-bond donors (Lipinski definition) is 0. The van der Waals surface area contributed by atoms with Crippen LogP contribution in [0.3, 0.4) is 0 Å². The van der Waals surface area contributed by atoms with Crippen molar-refractivity contribution in [1.29, 1.82) is 0 Å². The zero-order valence-electron chi connectivity index (χ0n) is 14.8.